The highest BCUT2D eigenvalue weighted by atomic mass is 32.1. The van der Waals surface area contributed by atoms with E-state index in [2.05, 4.69) is 102 Å². The van der Waals surface area contributed by atoms with Crippen molar-refractivity contribution in [1.29, 1.82) is 0 Å². The van der Waals surface area contributed by atoms with Gasteiger partial charge in [0.25, 0.3) is 0 Å². The molecule has 0 saturated carbocycles. The number of hydrogen-bond donors (Lipinski definition) is 0. The number of fused-ring (bicyclic) bond motifs is 3. The Morgan fingerprint density at radius 3 is 1.85 bits per heavy atom. The molecule has 0 saturated heterocycles. The van der Waals surface area contributed by atoms with Gasteiger partial charge in [-0.3, -0.25) is 9.97 Å². The Morgan fingerprint density at radius 1 is 0.610 bits per heavy atom. The third-order valence-corrected chi connectivity index (χ3v) is 8.69. The Kier molecular flexibility index (Phi) is 6.77. The fourth-order valence-electron chi connectivity index (χ4n) is 5.07. The smallest absolute Gasteiger partial charge is 0.0825 e. The third-order valence-electron chi connectivity index (χ3n) is 7.10. The van der Waals surface area contributed by atoms with E-state index in [1.165, 1.54) is 11.1 Å². The van der Waals surface area contributed by atoms with Crippen LogP contribution in [0.2, 0.25) is 0 Å². The summed E-state index contributed by atoms with van der Waals surface area (Å²) in [4.78, 5) is 20.5. The molecule has 0 bridgehead atoms. The molecule has 0 atom stereocenters. The van der Waals surface area contributed by atoms with Crippen LogP contribution in [0.15, 0.2) is 127 Å². The summed E-state index contributed by atoms with van der Waals surface area (Å²) in [7, 11) is 0. The molecule has 0 spiro atoms. The maximum Gasteiger partial charge on any atom is 0.0825 e. The fraction of sp³-hybridized carbons (Fsp3) is 0.0286. The van der Waals surface area contributed by atoms with Crippen LogP contribution in [-0.2, 0) is 6.42 Å². The summed E-state index contributed by atoms with van der Waals surface area (Å²) in [5.41, 5.74) is 15.2. The number of rotatable bonds is 4. The Morgan fingerprint density at radius 2 is 1.22 bits per heavy atom. The van der Waals surface area contributed by atoms with E-state index in [9.17, 15) is 0 Å². The van der Waals surface area contributed by atoms with Crippen molar-refractivity contribution in [1.82, 2.24) is 19.9 Å². The van der Waals surface area contributed by atoms with Gasteiger partial charge in [0.05, 0.1) is 43.6 Å². The van der Waals surface area contributed by atoms with E-state index in [-0.39, 0.29) is 0 Å². The second kappa shape index (κ2) is 11.0. The molecule has 1 aliphatic carbocycles. The van der Waals surface area contributed by atoms with Gasteiger partial charge < -0.3 is 0 Å². The molecule has 0 amide bonds. The lowest BCUT2D eigenvalue weighted by molar-refractivity contribution is 1.26. The minimum atomic E-state index is 0.814. The maximum atomic E-state index is 4.95. The lowest BCUT2D eigenvalue weighted by Gasteiger charge is -2.17. The molecule has 4 heterocycles. The van der Waals surface area contributed by atoms with Gasteiger partial charge in [0.1, 0.15) is 0 Å². The van der Waals surface area contributed by atoms with Gasteiger partial charge in [0, 0.05) is 23.5 Å². The second-order valence-corrected chi connectivity index (χ2v) is 11.5. The summed E-state index contributed by atoms with van der Waals surface area (Å²) in [6.45, 7) is 4.43. The summed E-state index contributed by atoms with van der Waals surface area (Å²) < 4.78 is 0. The number of pyridine rings is 2. The minimum Gasteiger partial charge on any atom is -0.252 e. The van der Waals surface area contributed by atoms with Gasteiger partial charge in [0.2, 0.25) is 0 Å². The van der Waals surface area contributed by atoms with Crippen LogP contribution >= 0.6 is 22.7 Å². The van der Waals surface area contributed by atoms with Crippen molar-refractivity contribution < 1.29 is 0 Å². The van der Waals surface area contributed by atoms with Gasteiger partial charge in [-0.05, 0) is 70.6 Å². The van der Waals surface area contributed by atoms with E-state index < -0.39 is 0 Å². The molecule has 2 aromatic carbocycles. The molecule has 4 aromatic heterocycles. The van der Waals surface area contributed by atoms with Crippen molar-refractivity contribution in [3.05, 3.63) is 138 Å². The predicted molar refractivity (Wildman–Crippen MR) is 172 cm³/mol. The van der Waals surface area contributed by atoms with Crippen molar-refractivity contribution in [2.75, 3.05) is 0 Å². The molecule has 41 heavy (non-hydrogen) atoms. The van der Waals surface area contributed by atoms with Gasteiger partial charge in [-0.1, -0.05) is 67.3 Å². The standard InChI is InChI=1S/C35H24N4S2/c1-23-7-3-2-4-8-24-17-25(30-9-5-11-32(38-30)34-19-36-21-40-34)13-15-27(24)28-16-14-26(18-29(23)28)31-10-6-12-33(39-31)35-20-37-22-41-35/h2-7,9-22H,1,8H2/b4-2-,7-3-. The average Bonchev–Trinajstić information content (AvgIpc) is 3.76. The van der Waals surface area contributed by atoms with Crippen LogP contribution in [0.1, 0.15) is 11.1 Å². The van der Waals surface area contributed by atoms with Gasteiger partial charge in [-0.2, -0.15) is 0 Å². The van der Waals surface area contributed by atoms with Crippen molar-refractivity contribution in [3.63, 3.8) is 0 Å². The van der Waals surface area contributed by atoms with Crippen LogP contribution < -0.4 is 0 Å². The number of thiazole rings is 2. The van der Waals surface area contributed by atoms with E-state index in [1.54, 1.807) is 22.7 Å². The van der Waals surface area contributed by atoms with E-state index in [1.807, 2.05) is 35.5 Å². The molecular weight excluding hydrogens is 541 g/mol. The zero-order valence-electron chi connectivity index (χ0n) is 22.1. The lowest BCUT2D eigenvalue weighted by Crippen LogP contribution is -1.97. The molecule has 7 rings (SSSR count). The van der Waals surface area contributed by atoms with E-state index in [4.69, 9.17) is 9.97 Å². The number of benzene rings is 2. The zero-order valence-corrected chi connectivity index (χ0v) is 23.7. The normalized spacial score (nSPS) is 14.2. The predicted octanol–water partition coefficient (Wildman–Crippen LogP) is 9.41. The Bertz CT molecular complexity index is 1930. The summed E-state index contributed by atoms with van der Waals surface area (Å²) in [6, 6.07) is 25.5. The molecule has 0 unspecified atom stereocenters. The number of nitrogens with zero attached hydrogens (tertiary/aromatic N) is 4. The highest BCUT2D eigenvalue weighted by molar-refractivity contribution is 7.13. The Balaban J connectivity index is 1.32. The zero-order chi connectivity index (χ0) is 27.6. The van der Waals surface area contributed by atoms with Crippen LogP contribution in [0, 0.1) is 0 Å². The highest BCUT2D eigenvalue weighted by Gasteiger charge is 2.16. The Hall–Kier alpha value is -4.78. The summed E-state index contributed by atoms with van der Waals surface area (Å²) >= 11 is 3.19. The molecule has 0 fully saturated rings. The quantitative estimate of drug-likeness (QED) is 0.214. The average molecular weight is 565 g/mol. The van der Waals surface area contributed by atoms with Crippen molar-refractivity contribution in [2.24, 2.45) is 0 Å². The summed E-state index contributed by atoms with van der Waals surface area (Å²) in [5.74, 6) is 0. The molecule has 1 aliphatic rings. The highest BCUT2D eigenvalue weighted by Crippen LogP contribution is 2.37. The second-order valence-electron chi connectivity index (χ2n) is 9.70. The monoisotopic (exact) mass is 564 g/mol. The molecule has 0 aliphatic heterocycles. The first-order valence-corrected chi connectivity index (χ1v) is 15.0. The van der Waals surface area contributed by atoms with Crippen LogP contribution in [0.5, 0.6) is 0 Å². The molecular formula is C35H24N4S2. The van der Waals surface area contributed by atoms with Crippen LogP contribution in [0.4, 0.5) is 0 Å². The van der Waals surface area contributed by atoms with Crippen LogP contribution in [0.3, 0.4) is 0 Å². The van der Waals surface area contributed by atoms with E-state index in [0.29, 0.717) is 0 Å². The first-order valence-electron chi connectivity index (χ1n) is 13.3. The number of aromatic nitrogens is 4. The van der Waals surface area contributed by atoms with Gasteiger partial charge in [0.15, 0.2) is 0 Å². The lowest BCUT2D eigenvalue weighted by atomic mass is 9.87. The molecule has 6 heteroatoms. The van der Waals surface area contributed by atoms with Crippen molar-refractivity contribution >= 4 is 28.2 Å². The maximum absolute atomic E-state index is 4.95. The fourth-order valence-corrected chi connectivity index (χ4v) is 6.26. The SMILES string of the molecule is C=C1/C=C\C=C/Cc2cc(-c3cccc(-c4cncs4)n3)ccc2-c2ccc(-c3cccc(-c4cncs4)n3)cc21. The third kappa shape index (κ3) is 5.11. The molecule has 196 valence electrons. The molecule has 6 aromatic rings. The van der Waals surface area contributed by atoms with Gasteiger partial charge >= 0.3 is 0 Å². The summed E-state index contributed by atoms with van der Waals surface area (Å²) in [6.07, 6.45) is 13.0. The van der Waals surface area contributed by atoms with Crippen molar-refractivity contribution in [3.8, 4) is 54.8 Å². The Labute approximate surface area is 246 Å². The van der Waals surface area contributed by atoms with Crippen LogP contribution in [-0.4, -0.2) is 19.9 Å². The topological polar surface area (TPSA) is 51.6 Å². The molecule has 0 radical (unpaired) electrons. The largest absolute Gasteiger partial charge is 0.252 e. The summed E-state index contributed by atoms with van der Waals surface area (Å²) in [5, 5.41) is 0. The first kappa shape index (κ1) is 25.2. The van der Waals surface area contributed by atoms with E-state index in [0.717, 1.165) is 66.8 Å². The minimum absolute atomic E-state index is 0.814. The van der Waals surface area contributed by atoms with Gasteiger partial charge in [-0.25, -0.2) is 9.97 Å². The van der Waals surface area contributed by atoms with E-state index >= 15 is 0 Å². The van der Waals surface area contributed by atoms with Crippen LogP contribution in [0.25, 0.3) is 60.4 Å². The van der Waals surface area contributed by atoms with Gasteiger partial charge in [-0.15, -0.1) is 22.7 Å². The number of allylic oxidation sites excluding steroid dienone is 5. The molecule has 4 nitrogen and oxygen atoms in total. The number of hydrogen-bond acceptors (Lipinski definition) is 6. The first-order chi connectivity index (χ1) is 20.2. The molecule has 0 N–H and O–H groups in total. The van der Waals surface area contributed by atoms with Crippen molar-refractivity contribution in [2.45, 2.75) is 6.42 Å².